The molecule has 4 aromatic rings. The Morgan fingerprint density at radius 1 is 1.06 bits per heavy atom. The summed E-state index contributed by atoms with van der Waals surface area (Å²) in [5.41, 5.74) is 4.71. The molecule has 1 fully saturated rings. The molecule has 174 valence electrons. The quantitative estimate of drug-likeness (QED) is 0.376. The zero-order valence-corrected chi connectivity index (χ0v) is 19.1. The molecule has 5 rings (SSSR count). The second-order valence-corrected chi connectivity index (χ2v) is 8.20. The smallest absolute Gasteiger partial charge is 0.143 e. The maximum Gasteiger partial charge on any atom is 0.143 e. The molecular weight excluding hydrogens is 440 g/mol. The predicted molar refractivity (Wildman–Crippen MR) is 134 cm³/mol. The van der Waals surface area contributed by atoms with Gasteiger partial charge in [0.05, 0.1) is 30.0 Å². The van der Waals surface area contributed by atoms with Crippen molar-refractivity contribution in [2.75, 3.05) is 50.0 Å². The highest BCUT2D eigenvalue weighted by atomic mass is 16.5. The first-order chi connectivity index (χ1) is 17.3. The third-order valence-electron chi connectivity index (χ3n) is 6.06. The van der Waals surface area contributed by atoms with E-state index in [0.717, 1.165) is 49.4 Å². The third kappa shape index (κ3) is 4.78. The summed E-state index contributed by atoms with van der Waals surface area (Å²) in [5.74, 6) is 0.542. The summed E-state index contributed by atoms with van der Waals surface area (Å²) in [7, 11) is 0. The SMILES string of the molecule is N#Cc1cc(-c2cncc(C#N)c2Nc2cccc3[nH]ccc23)cnc1NCCN1CCOCC1. The number of nitrogens with one attached hydrogen (secondary N) is 3. The van der Waals surface area contributed by atoms with E-state index in [9.17, 15) is 10.5 Å². The lowest BCUT2D eigenvalue weighted by molar-refractivity contribution is 0.0398. The van der Waals surface area contributed by atoms with Gasteiger partial charge in [-0.1, -0.05) is 6.07 Å². The molecule has 0 amide bonds. The first kappa shape index (κ1) is 22.4. The normalized spacial score (nSPS) is 13.8. The van der Waals surface area contributed by atoms with Crippen molar-refractivity contribution in [3.05, 3.63) is 66.2 Å². The minimum Gasteiger partial charge on any atom is -0.379 e. The molecule has 1 saturated heterocycles. The lowest BCUT2D eigenvalue weighted by atomic mass is 10.0. The van der Waals surface area contributed by atoms with E-state index in [2.05, 4.69) is 42.6 Å². The highest BCUT2D eigenvalue weighted by Crippen LogP contribution is 2.35. The molecule has 0 aliphatic carbocycles. The molecular formula is C26H24N8O. The maximum atomic E-state index is 9.79. The molecule has 3 N–H and O–H groups in total. The first-order valence-corrected chi connectivity index (χ1v) is 11.4. The Balaban J connectivity index is 1.43. The minimum atomic E-state index is 0.404. The fourth-order valence-corrected chi connectivity index (χ4v) is 4.22. The number of pyridine rings is 2. The number of aromatic amines is 1. The fourth-order valence-electron chi connectivity index (χ4n) is 4.22. The number of anilines is 3. The van der Waals surface area contributed by atoms with Crippen LogP contribution < -0.4 is 10.6 Å². The fraction of sp³-hybridized carbons (Fsp3) is 0.231. The molecule has 1 aromatic carbocycles. The summed E-state index contributed by atoms with van der Waals surface area (Å²) in [6.45, 7) is 4.86. The van der Waals surface area contributed by atoms with Crippen LogP contribution in [0.15, 0.2) is 55.1 Å². The van der Waals surface area contributed by atoms with Crippen molar-refractivity contribution in [1.29, 1.82) is 10.5 Å². The van der Waals surface area contributed by atoms with Gasteiger partial charge in [0.15, 0.2) is 0 Å². The molecule has 4 heterocycles. The first-order valence-electron chi connectivity index (χ1n) is 11.4. The van der Waals surface area contributed by atoms with Crippen LogP contribution in [-0.4, -0.2) is 59.2 Å². The van der Waals surface area contributed by atoms with Gasteiger partial charge in [-0.3, -0.25) is 9.88 Å². The molecule has 0 saturated carbocycles. The molecule has 9 nitrogen and oxygen atoms in total. The van der Waals surface area contributed by atoms with Crippen molar-refractivity contribution in [2.45, 2.75) is 0 Å². The minimum absolute atomic E-state index is 0.404. The molecule has 9 heteroatoms. The van der Waals surface area contributed by atoms with Gasteiger partial charge in [-0.15, -0.1) is 0 Å². The number of ether oxygens (including phenoxy) is 1. The lowest BCUT2D eigenvalue weighted by Crippen LogP contribution is -2.39. The maximum absolute atomic E-state index is 9.79. The van der Waals surface area contributed by atoms with Crippen LogP contribution in [0.3, 0.4) is 0 Å². The van der Waals surface area contributed by atoms with Crippen LogP contribution in [-0.2, 0) is 4.74 Å². The molecule has 1 aliphatic rings. The number of H-pyrrole nitrogens is 1. The van der Waals surface area contributed by atoms with Gasteiger partial charge in [0.25, 0.3) is 0 Å². The van der Waals surface area contributed by atoms with Gasteiger partial charge in [0.2, 0.25) is 0 Å². The molecule has 0 bridgehead atoms. The van der Waals surface area contributed by atoms with Crippen LogP contribution in [0, 0.1) is 22.7 Å². The summed E-state index contributed by atoms with van der Waals surface area (Å²) in [4.78, 5) is 14.3. The number of nitrogens with zero attached hydrogens (tertiary/aromatic N) is 5. The summed E-state index contributed by atoms with van der Waals surface area (Å²) < 4.78 is 5.39. The van der Waals surface area contributed by atoms with Crippen LogP contribution in [0.25, 0.3) is 22.0 Å². The van der Waals surface area contributed by atoms with Gasteiger partial charge in [-0.2, -0.15) is 10.5 Å². The van der Waals surface area contributed by atoms with E-state index in [1.165, 1.54) is 6.20 Å². The van der Waals surface area contributed by atoms with Gasteiger partial charge in [0.1, 0.15) is 18.0 Å². The Morgan fingerprint density at radius 3 is 2.74 bits per heavy atom. The highest BCUT2D eigenvalue weighted by molar-refractivity contribution is 5.96. The van der Waals surface area contributed by atoms with Crippen LogP contribution in [0.1, 0.15) is 11.1 Å². The topological polar surface area (TPSA) is 126 Å². The Morgan fingerprint density at radius 2 is 1.91 bits per heavy atom. The average molecular weight is 465 g/mol. The highest BCUT2D eigenvalue weighted by Gasteiger charge is 2.16. The number of fused-ring (bicyclic) bond motifs is 1. The Bertz CT molecular complexity index is 1430. The molecule has 0 spiro atoms. The number of hydrogen-bond acceptors (Lipinski definition) is 8. The number of hydrogen-bond donors (Lipinski definition) is 3. The van der Waals surface area contributed by atoms with E-state index in [4.69, 9.17) is 4.74 Å². The van der Waals surface area contributed by atoms with Crippen LogP contribution in [0.2, 0.25) is 0 Å². The number of benzene rings is 1. The van der Waals surface area contributed by atoms with Gasteiger partial charge >= 0.3 is 0 Å². The van der Waals surface area contributed by atoms with Crippen LogP contribution in [0.5, 0.6) is 0 Å². The number of aromatic nitrogens is 3. The van der Waals surface area contributed by atoms with E-state index in [1.807, 2.05) is 30.5 Å². The van der Waals surface area contributed by atoms with E-state index < -0.39 is 0 Å². The zero-order valence-electron chi connectivity index (χ0n) is 19.1. The van der Waals surface area contributed by atoms with E-state index in [0.29, 0.717) is 40.3 Å². The van der Waals surface area contributed by atoms with Gasteiger partial charge in [-0.25, -0.2) is 4.98 Å². The number of morpholine rings is 1. The number of rotatable bonds is 7. The van der Waals surface area contributed by atoms with Crippen molar-refractivity contribution >= 4 is 28.1 Å². The molecule has 35 heavy (non-hydrogen) atoms. The zero-order chi connectivity index (χ0) is 24.0. The van der Waals surface area contributed by atoms with E-state index >= 15 is 0 Å². The second kappa shape index (κ2) is 10.2. The Kier molecular flexibility index (Phi) is 6.53. The Hall–Kier alpha value is -4.44. The summed E-state index contributed by atoms with van der Waals surface area (Å²) >= 11 is 0. The van der Waals surface area contributed by atoms with Crippen LogP contribution in [0.4, 0.5) is 17.2 Å². The Labute approximate surface area is 203 Å². The molecule has 3 aromatic heterocycles. The van der Waals surface area contributed by atoms with E-state index in [1.54, 1.807) is 18.5 Å². The van der Waals surface area contributed by atoms with Gasteiger partial charge in [0, 0.05) is 78.7 Å². The molecule has 1 aliphatic heterocycles. The lowest BCUT2D eigenvalue weighted by Gasteiger charge is -2.26. The third-order valence-corrected chi connectivity index (χ3v) is 6.06. The molecule has 0 unspecified atom stereocenters. The van der Waals surface area contributed by atoms with Crippen molar-refractivity contribution < 1.29 is 4.74 Å². The van der Waals surface area contributed by atoms with Crippen molar-refractivity contribution in [3.63, 3.8) is 0 Å². The van der Waals surface area contributed by atoms with Gasteiger partial charge < -0.3 is 20.4 Å². The van der Waals surface area contributed by atoms with E-state index in [-0.39, 0.29) is 0 Å². The average Bonchev–Trinajstić information content (AvgIpc) is 3.40. The van der Waals surface area contributed by atoms with Crippen LogP contribution >= 0.6 is 0 Å². The second-order valence-electron chi connectivity index (χ2n) is 8.20. The molecule has 0 radical (unpaired) electrons. The standard InChI is InChI=1S/C26H24N8O/c27-13-18-12-19(16-32-26(18)31-6-7-34-8-10-35-11-9-34)22-17-29-15-20(14-28)25(22)33-24-3-1-2-23-21(24)4-5-30-23/h1-5,12,15-17,30H,6-11H2,(H,29,33)(H,31,32). The van der Waals surface area contributed by atoms with Crippen molar-refractivity contribution in [3.8, 4) is 23.3 Å². The van der Waals surface area contributed by atoms with Gasteiger partial charge in [-0.05, 0) is 24.3 Å². The molecule has 0 atom stereocenters. The largest absolute Gasteiger partial charge is 0.379 e. The summed E-state index contributed by atoms with van der Waals surface area (Å²) in [6.07, 6.45) is 6.80. The summed E-state index contributed by atoms with van der Waals surface area (Å²) in [5, 5.41) is 27.3. The van der Waals surface area contributed by atoms with Crippen molar-refractivity contribution in [1.82, 2.24) is 19.9 Å². The summed E-state index contributed by atoms with van der Waals surface area (Å²) in [6, 6.07) is 14.1. The van der Waals surface area contributed by atoms with Crippen molar-refractivity contribution in [2.24, 2.45) is 0 Å². The monoisotopic (exact) mass is 464 g/mol. The number of nitriles is 2. The predicted octanol–water partition coefficient (Wildman–Crippen LogP) is 3.86.